The molecular weight excluding hydrogens is 579 g/mol. The van der Waals surface area contributed by atoms with E-state index in [0.717, 1.165) is 5.69 Å². The number of pyridine rings is 1. The fourth-order valence-corrected chi connectivity index (χ4v) is 7.22. The van der Waals surface area contributed by atoms with Gasteiger partial charge in [-0.05, 0) is 36.2 Å². The molecule has 3 heterocycles. The van der Waals surface area contributed by atoms with Crippen molar-refractivity contribution in [3.63, 3.8) is 0 Å². The molecule has 224 valence electrons. The first kappa shape index (κ1) is 29.9. The van der Waals surface area contributed by atoms with Crippen molar-refractivity contribution < 1.29 is 35.2 Å². The molecule has 13 heteroatoms. The summed E-state index contributed by atoms with van der Waals surface area (Å²) in [6.07, 6.45) is -6.67. The first-order valence-electron chi connectivity index (χ1n) is 13.7. The smallest absolute Gasteiger partial charge is 0.369 e. The third-order valence-corrected chi connectivity index (χ3v) is 9.74. The fraction of sp³-hybridized carbons (Fsp3) is 0.483. The van der Waals surface area contributed by atoms with Gasteiger partial charge in [0.1, 0.15) is 5.78 Å². The Bertz CT molecular complexity index is 1600. The molecule has 1 saturated heterocycles. The van der Waals surface area contributed by atoms with Gasteiger partial charge in [-0.2, -0.15) is 23.5 Å². The van der Waals surface area contributed by atoms with Crippen LogP contribution >= 0.6 is 0 Å². The monoisotopic (exact) mass is 608 g/mol. The summed E-state index contributed by atoms with van der Waals surface area (Å²) in [5, 5.41) is 13.9. The van der Waals surface area contributed by atoms with Crippen LogP contribution in [0.1, 0.15) is 43.7 Å². The minimum absolute atomic E-state index is 0.0598. The topological polar surface area (TPSA) is 95.5 Å². The Hall–Kier alpha value is -3.53. The van der Waals surface area contributed by atoms with Gasteiger partial charge in [0.05, 0.1) is 41.1 Å². The van der Waals surface area contributed by atoms with E-state index < -0.39 is 71.2 Å². The van der Waals surface area contributed by atoms with Gasteiger partial charge in [-0.1, -0.05) is 18.2 Å². The molecule has 1 saturated carbocycles. The van der Waals surface area contributed by atoms with Crippen molar-refractivity contribution in [1.82, 2.24) is 9.61 Å². The molecule has 7 nitrogen and oxygen atoms in total. The summed E-state index contributed by atoms with van der Waals surface area (Å²) in [6.45, 7) is 0.726. The molecule has 1 unspecified atom stereocenters. The van der Waals surface area contributed by atoms with Crippen molar-refractivity contribution >= 4 is 26.8 Å². The zero-order chi connectivity index (χ0) is 30.3. The molecule has 2 fully saturated rings. The Morgan fingerprint density at radius 1 is 1.12 bits per heavy atom. The van der Waals surface area contributed by atoms with Gasteiger partial charge in [-0.15, -0.1) is 0 Å². The van der Waals surface area contributed by atoms with Crippen LogP contribution in [0.4, 0.5) is 27.6 Å². The maximum atomic E-state index is 14.6. The quantitative estimate of drug-likeness (QED) is 0.315. The van der Waals surface area contributed by atoms with Gasteiger partial charge >= 0.3 is 6.18 Å². The Labute approximate surface area is 239 Å². The normalized spacial score (nSPS) is 22.9. The lowest BCUT2D eigenvalue weighted by Crippen LogP contribution is -2.40. The number of halogens is 5. The molecule has 2 aromatic heterocycles. The molecule has 0 bridgehead atoms. The molecular formula is C29H29F5N4O3S. The number of rotatable bonds is 7. The van der Waals surface area contributed by atoms with Crippen LogP contribution in [0, 0.1) is 23.2 Å². The van der Waals surface area contributed by atoms with Crippen molar-refractivity contribution in [2.24, 2.45) is 11.8 Å². The van der Waals surface area contributed by atoms with Crippen LogP contribution < -0.4 is 4.90 Å². The molecule has 1 aliphatic carbocycles. The van der Waals surface area contributed by atoms with Gasteiger partial charge in [-0.25, -0.2) is 21.7 Å². The molecule has 0 radical (unpaired) electrons. The summed E-state index contributed by atoms with van der Waals surface area (Å²) in [4.78, 5) is 15.3. The van der Waals surface area contributed by atoms with Crippen molar-refractivity contribution in [3.05, 3.63) is 54.4 Å². The highest BCUT2D eigenvalue weighted by Crippen LogP contribution is 2.48. The van der Waals surface area contributed by atoms with E-state index >= 15 is 0 Å². The highest BCUT2D eigenvalue weighted by Gasteiger charge is 2.47. The first-order chi connectivity index (χ1) is 19.8. The number of hydrogen-bond acceptors (Lipinski definition) is 6. The second kappa shape index (κ2) is 11.3. The maximum Gasteiger partial charge on any atom is 0.390 e. The standard InChI is InChI=1S/C29H29F5N4O3S/c30-28(31)9-8-22(23(17-28)25(39)15-19(18-35)16-29(32,33)34)27-26(24-3-1-2-10-38(24)36-27)20-4-6-21(7-5-20)37-11-13-42(40,41)14-12-37/h1-7,10,19,22-23H,8-9,11-17H2/t19?,22-,23-/m1/s1. The molecule has 5 rings (SSSR count). The number of nitrogens with zero attached hydrogens (tertiary/aromatic N) is 4. The van der Waals surface area contributed by atoms with Gasteiger partial charge in [0.15, 0.2) is 9.84 Å². The summed E-state index contributed by atoms with van der Waals surface area (Å²) < 4.78 is 93.4. The third-order valence-electron chi connectivity index (χ3n) is 8.13. The van der Waals surface area contributed by atoms with Crippen LogP contribution in [-0.4, -0.2) is 60.5 Å². The minimum Gasteiger partial charge on any atom is -0.369 e. The lowest BCUT2D eigenvalue weighted by Gasteiger charge is -2.35. The minimum atomic E-state index is -4.67. The number of fused-ring (bicyclic) bond motifs is 1. The van der Waals surface area contributed by atoms with Gasteiger partial charge < -0.3 is 4.90 Å². The number of anilines is 1. The van der Waals surface area contributed by atoms with Crippen molar-refractivity contribution in [2.75, 3.05) is 29.5 Å². The summed E-state index contributed by atoms with van der Waals surface area (Å²) in [5.41, 5.74) is 3.22. The van der Waals surface area contributed by atoms with Crippen LogP contribution in [-0.2, 0) is 14.6 Å². The lowest BCUT2D eigenvalue weighted by atomic mass is 9.71. The zero-order valence-corrected chi connectivity index (χ0v) is 23.3. The number of Topliss-reactive ketones (excluding diaryl/α,β-unsaturated/α-hetero) is 1. The molecule has 1 aromatic carbocycles. The van der Waals surface area contributed by atoms with Gasteiger partial charge in [0, 0.05) is 61.6 Å². The number of benzene rings is 1. The van der Waals surface area contributed by atoms with E-state index in [1.807, 2.05) is 29.2 Å². The van der Waals surface area contributed by atoms with Crippen molar-refractivity contribution in [3.8, 4) is 17.2 Å². The average Bonchev–Trinajstić information content (AvgIpc) is 3.31. The van der Waals surface area contributed by atoms with E-state index in [-0.39, 0.29) is 17.9 Å². The molecule has 1 aliphatic heterocycles. The molecule has 0 N–H and O–H groups in total. The summed E-state index contributed by atoms with van der Waals surface area (Å²) in [5.74, 6) is -7.61. The average molecular weight is 609 g/mol. The molecule has 42 heavy (non-hydrogen) atoms. The predicted molar refractivity (Wildman–Crippen MR) is 146 cm³/mol. The first-order valence-corrected chi connectivity index (χ1v) is 15.5. The van der Waals surface area contributed by atoms with E-state index in [1.165, 1.54) is 6.07 Å². The number of sulfone groups is 1. The van der Waals surface area contributed by atoms with E-state index in [0.29, 0.717) is 35.4 Å². The maximum absolute atomic E-state index is 14.6. The van der Waals surface area contributed by atoms with Gasteiger partial charge in [0.2, 0.25) is 5.92 Å². The summed E-state index contributed by atoms with van der Waals surface area (Å²) in [7, 11) is -3.06. The summed E-state index contributed by atoms with van der Waals surface area (Å²) in [6, 6.07) is 14.2. The SMILES string of the molecule is N#CC(CC(=O)[C@@H]1CC(F)(F)CC[C@H]1c1nn2ccccc2c1-c1ccc(N2CCS(=O)(=O)CC2)cc1)CC(F)(F)F. The molecule has 3 atom stereocenters. The number of alkyl halides is 5. The molecule has 0 amide bonds. The molecule has 0 spiro atoms. The largest absolute Gasteiger partial charge is 0.390 e. The second-order valence-electron chi connectivity index (χ2n) is 11.1. The van der Waals surface area contributed by atoms with Gasteiger partial charge in [-0.3, -0.25) is 4.79 Å². The van der Waals surface area contributed by atoms with Crippen LogP contribution in [0.2, 0.25) is 0 Å². The predicted octanol–water partition coefficient (Wildman–Crippen LogP) is 5.81. The number of hydrogen-bond donors (Lipinski definition) is 0. The van der Waals surface area contributed by atoms with Crippen LogP contribution in [0.5, 0.6) is 0 Å². The second-order valence-corrected chi connectivity index (χ2v) is 13.4. The van der Waals surface area contributed by atoms with Crippen LogP contribution in [0.25, 0.3) is 16.6 Å². The van der Waals surface area contributed by atoms with Gasteiger partial charge in [0.25, 0.3) is 0 Å². The fourth-order valence-electron chi connectivity index (χ4n) is 6.02. The molecule has 3 aromatic rings. The van der Waals surface area contributed by atoms with Crippen molar-refractivity contribution in [2.45, 2.75) is 50.1 Å². The highest BCUT2D eigenvalue weighted by molar-refractivity contribution is 7.91. The van der Waals surface area contributed by atoms with Crippen LogP contribution in [0.15, 0.2) is 48.7 Å². The number of carbonyl (C=O) groups is 1. The van der Waals surface area contributed by atoms with Crippen molar-refractivity contribution in [1.29, 1.82) is 5.26 Å². The van der Waals surface area contributed by atoms with E-state index in [9.17, 15) is 40.4 Å². The highest BCUT2D eigenvalue weighted by atomic mass is 32.2. The number of carbonyl (C=O) groups excluding carboxylic acids is 1. The Morgan fingerprint density at radius 3 is 2.45 bits per heavy atom. The van der Waals surface area contributed by atoms with E-state index in [4.69, 9.17) is 0 Å². The molecule has 2 aliphatic rings. The Balaban J connectivity index is 1.50. The number of ketones is 1. The lowest BCUT2D eigenvalue weighted by molar-refractivity contribution is -0.145. The Morgan fingerprint density at radius 2 is 1.81 bits per heavy atom. The Kier molecular flexibility index (Phi) is 8.04. The number of nitriles is 1. The van der Waals surface area contributed by atoms with E-state index in [2.05, 4.69) is 5.10 Å². The number of aromatic nitrogens is 2. The zero-order valence-electron chi connectivity index (χ0n) is 22.5. The van der Waals surface area contributed by atoms with Crippen LogP contribution in [0.3, 0.4) is 0 Å². The third kappa shape index (κ3) is 6.59. The summed E-state index contributed by atoms with van der Waals surface area (Å²) >= 11 is 0. The van der Waals surface area contributed by atoms with E-state index in [1.54, 1.807) is 28.9 Å².